The summed E-state index contributed by atoms with van der Waals surface area (Å²) >= 11 is 5.57. The van der Waals surface area contributed by atoms with E-state index in [9.17, 15) is 5.11 Å². The molecule has 2 nitrogen and oxygen atoms in total. The number of nitrogens with one attached hydrogen (secondary N) is 1. The molecule has 1 aliphatic rings. The number of thiocarbonyl (C=S) groups is 1. The average Bonchev–Trinajstić information content (AvgIpc) is 2.31. The minimum Gasteiger partial charge on any atom is -0.393 e. The third kappa shape index (κ3) is 4.53. The van der Waals surface area contributed by atoms with Gasteiger partial charge in [0.15, 0.2) is 0 Å². The summed E-state index contributed by atoms with van der Waals surface area (Å²) in [7, 11) is 0. The number of aliphatic hydroxyl groups excluding tert-OH is 1. The van der Waals surface area contributed by atoms with E-state index in [4.69, 9.17) is 12.2 Å². The van der Waals surface area contributed by atoms with Gasteiger partial charge in [-0.2, -0.15) is 0 Å². The molecule has 0 radical (unpaired) electrons. The van der Waals surface area contributed by atoms with Gasteiger partial charge in [-0.25, -0.2) is 0 Å². The molecular formula is C19H29NOS. The Bertz CT molecular complexity index is 546. The second-order valence-electron chi connectivity index (χ2n) is 8.27. The van der Waals surface area contributed by atoms with Crippen LogP contribution < -0.4 is 5.32 Å². The van der Waals surface area contributed by atoms with Gasteiger partial charge < -0.3 is 10.4 Å². The van der Waals surface area contributed by atoms with Crippen LogP contribution in [0, 0.1) is 24.7 Å². The van der Waals surface area contributed by atoms with Crippen molar-refractivity contribution in [1.82, 2.24) is 5.32 Å². The number of aryl methyl sites for hydroxylation is 2. The average molecular weight is 320 g/mol. The molecular weight excluding hydrogens is 290 g/mol. The normalized spacial score (nSPS) is 27.5. The van der Waals surface area contributed by atoms with Gasteiger partial charge in [0.1, 0.15) is 4.99 Å². The SMILES string of the molecule is Cc1cc(C)cc(C(=S)NC[C@@]2(C)C[C@H](O)CC(C)(C)C2)c1. The molecule has 0 aliphatic heterocycles. The van der Waals surface area contributed by atoms with E-state index in [1.807, 2.05) is 0 Å². The lowest BCUT2D eigenvalue weighted by atomic mass is 9.63. The second-order valence-corrected chi connectivity index (χ2v) is 8.68. The van der Waals surface area contributed by atoms with Crippen LogP contribution >= 0.6 is 12.2 Å². The molecule has 0 heterocycles. The predicted octanol–water partition coefficient (Wildman–Crippen LogP) is 4.15. The van der Waals surface area contributed by atoms with Crippen molar-refractivity contribution in [3.63, 3.8) is 0 Å². The Kier molecular flexibility index (Phi) is 4.98. The third-order valence-corrected chi connectivity index (χ3v) is 4.96. The Labute approximate surface area is 140 Å². The van der Waals surface area contributed by atoms with E-state index in [2.05, 4.69) is 58.1 Å². The number of benzene rings is 1. The highest BCUT2D eigenvalue weighted by molar-refractivity contribution is 7.80. The Balaban J connectivity index is 2.03. The Morgan fingerprint density at radius 3 is 2.32 bits per heavy atom. The number of hydrogen-bond donors (Lipinski definition) is 2. The first kappa shape index (κ1) is 17.4. The van der Waals surface area contributed by atoms with Crippen molar-refractivity contribution in [2.75, 3.05) is 6.54 Å². The second kappa shape index (κ2) is 6.29. The molecule has 2 N–H and O–H groups in total. The fourth-order valence-electron chi connectivity index (χ4n) is 4.21. The third-order valence-electron chi connectivity index (χ3n) is 4.58. The summed E-state index contributed by atoms with van der Waals surface area (Å²) in [5.74, 6) is 0. The van der Waals surface area contributed by atoms with Crippen LogP contribution in [0.1, 0.15) is 56.7 Å². The summed E-state index contributed by atoms with van der Waals surface area (Å²) in [4.78, 5) is 0.811. The van der Waals surface area contributed by atoms with Crippen LogP contribution in [-0.4, -0.2) is 22.7 Å². The lowest BCUT2D eigenvalue weighted by Gasteiger charge is -2.45. The van der Waals surface area contributed by atoms with Crippen molar-refractivity contribution >= 4 is 17.2 Å². The Morgan fingerprint density at radius 1 is 1.18 bits per heavy atom. The van der Waals surface area contributed by atoms with Crippen LogP contribution in [-0.2, 0) is 0 Å². The highest BCUT2D eigenvalue weighted by Crippen LogP contribution is 2.45. The Hall–Kier alpha value is -0.930. The molecule has 1 aliphatic carbocycles. The largest absolute Gasteiger partial charge is 0.393 e. The molecule has 0 unspecified atom stereocenters. The molecule has 122 valence electrons. The summed E-state index contributed by atoms with van der Waals surface area (Å²) in [6.45, 7) is 11.8. The molecule has 2 atom stereocenters. The summed E-state index contributed by atoms with van der Waals surface area (Å²) in [5.41, 5.74) is 3.84. The molecule has 0 amide bonds. The zero-order chi connectivity index (χ0) is 16.5. The number of aliphatic hydroxyl groups is 1. The monoisotopic (exact) mass is 319 g/mol. The van der Waals surface area contributed by atoms with Gasteiger partial charge in [-0.3, -0.25) is 0 Å². The minimum absolute atomic E-state index is 0.0874. The Morgan fingerprint density at radius 2 is 1.77 bits per heavy atom. The number of rotatable bonds is 3. The molecule has 1 aromatic carbocycles. The van der Waals surface area contributed by atoms with Crippen molar-refractivity contribution in [2.24, 2.45) is 10.8 Å². The van der Waals surface area contributed by atoms with Crippen LogP contribution in [0.25, 0.3) is 0 Å². The standard InChI is InChI=1S/C19H29NOS/c1-13-6-14(2)8-15(7-13)17(22)20-12-19(5)10-16(21)9-18(3,4)11-19/h6-8,16,21H,9-12H2,1-5H3,(H,20,22)/t16-,19+/m1/s1. The van der Waals surface area contributed by atoms with E-state index in [1.54, 1.807) is 0 Å². The zero-order valence-electron chi connectivity index (χ0n) is 14.5. The van der Waals surface area contributed by atoms with Gasteiger partial charge in [-0.1, -0.05) is 50.2 Å². The first-order valence-electron chi connectivity index (χ1n) is 8.13. The van der Waals surface area contributed by atoms with E-state index in [1.165, 1.54) is 11.1 Å². The zero-order valence-corrected chi connectivity index (χ0v) is 15.3. The van der Waals surface area contributed by atoms with Crippen LogP contribution in [0.2, 0.25) is 0 Å². The topological polar surface area (TPSA) is 32.3 Å². The molecule has 2 rings (SSSR count). The van der Waals surface area contributed by atoms with Crippen molar-refractivity contribution in [1.29, 1.82) is 0 Å². The van der Waals surface area contributed by atoms with E-state index in [0.29, 0.717) is 0 Å². The van der Waals surface area contributed by atoms with Gasteiger partial charge in [0, 0.05) is 12.1 Å². The van der Waals surface area contributed by atoms with Crippen molar-refractivity contribution in [2.45, 2.75) is 60.0 Å². The molecule has 0 bridgehead atoms. The van der Waals surface area contributed by atoms with Crippen LogP contribution in [0.4, 0.5) is 0 Å². The molecule has 1 aromatic rings. The molecule has 0 spiro atoms. The highest BCUT2D eigenvalue weighted by atomic mass is 32.1. The maximum atomic E-state index is 10.2. The number of hydrogen-bond acceptors (Lipinski definition) is 2. The first-order chi connectivity index (χ1) is 10.1. The maximum Gasteiger partial charge on any atom is 0.106 e. The van der Waals surface area contributed by atoms with Gasteiger partial charge in [-0.05, 0) is 56.1 Å². The van der Waals surface area contributed by atoms with Crippen molar-refractivity contribution in [3.8, 4) is 0 Å². The van der Waals surface area contributed by atoms with Gasteiger partial charge in [0.05, 0.1) is 6.10 Å². The van der Waals surface area contributed by atoms with E-state index in [0.717, 1.165) is 36.4 Å². The first-order valence-corrected chi connectivity index (χ1v) is 8.54. The van der Waals surface area contributed by atoms with Crippen LogP contribution in [0.5, 0.6) is 0 Å². The fraction of sp³-hybridized carbons (Fsp3) is 0.632. The van der Waals surface area contributed by atoms with Crippen LogP contribution in [0.15, 0.2) is 18.2 Å². The summed E-state index contributed by atoms with van der Waals surface area (Å²) in [6, 6.07) is 6.42. The molecule has 3 heteroatoms. The summed E-state index contributed by atoms with van der Waals surface area (Å²) < 4.78 is 0. The lowest BCUT2D eigenvalue weighted by molar-refractivity contribution is -0.00679. The summed E-state index contributed by atoms with van der Waals surface area (Å²) in [6.07, 6.45) is 2.65. The van der Waals surface area contributed by atoms with E-state index < -0.39 is 0 Å². The van der Waals surface area contributed by atoms with Crippen LogP contribution in [0.3, 0.4) is 0 Å². The molecule has 0 aromatic heterocycles. The van der Waals surface area contributed by atoms with E-state index >= 15 is 0 Å². The van der Waals surface area contributed by atoms with Gasteiger partial charge in [0.25, 0.3) is 0 Å². The van der Waals surface area contributed by atoms with Gasteiger partial charge in [0.2, 0.25) is 0 Å². The van der Waals surface area contributed by atoms with Gasteiger partial charge >= 0.3 is 0 Å². The van der Waals surface area contributed by atoms with E-state index in [-0.39, 0.29) is 16.9 Å². The quantitative estimate of drug-likeness (QED) is 0.821. The van der Waals surface area contributed by atoms with Gasteiger partial charge in [-0.15, -0.1) is 0 Å². The summed E-state index contributed by atoms with van der Waals surface area (Å²) in [5, 5.41) is 13.6. The molecule has 1 fully saturated rings. The minimum atomic E-state index is -0.203. The maximum absolute atomic E-state index is 10.2. The highest BCUT2D eigenvalue weighted by Gasteiger charge is 2.40. The molecule has 1 saturated carbocycles. The lowest BCUT2D eigenvalue weighted by Crippen LogP contribution is -2.45. The van der Waals surface area contributed by atoms with Crippen molar-refractivity contribution < 1.29 is 5.11 Å². The smallest absolute Gasteiger partial charge is 0.106 e. The molecule has 0 saturated heterocycles. The molecule has 22 heavy (non-hydrogen) atoms. The predicted molar refractivity (Wildman–Crippen MR) is 97.4 cm³/mol. The fourth-order valence-corrected chi connectivity index (χ4v) is 4.40. The van der Waals surface area contributed by atoms with Crippen molar-refractivity contribution in [3.05, 3.63) is 34.9 Å².